The Morgan fingerprint density at radius 3 is 1.39 bits per heavy atom. The van der Waals surface area contributed by atoms with E-state index in [0.29, 0.717) is 0 Å². The van der Waals surface area contributed by atoms with E-state index in [-0.39, 0.29) is 0 Å². The zero-order valence-corrected chi connectivity index (χ0v) is 40.3. The maximum atomic E-state index is 4.47. The van der Waals surface area contributed by atoms with Crippen LogP contribution >= 0.6 is 22.7 Å². The van der Waals surface area contributed by atoms with Crippen LogP contribution in [-0.2, 0) is 0 Å². The molecule has 10 aromatic carbocycles. The number of anilines is 6. The van der Waals surface area contributed by atoms with Gasteiger partial charge >= 0.3 is 0 Å². The predicted molar refractivity (Wildman–Crippen MR) is 303 cm³/mol. The molecule has 5 heteroatoms. The Kier molecular flexibility index (Phi) is 10.3. The molecule has 0 unspecified atom stereocenters. The summed E-state index contributed by atoms with van der Waals surface area (Å²) in [5, 5.41) is 7.38. The maximum absolute atomic E-state index is 4.47. The van der Waals surface area contributed by atoms with Crippen molar-refractivity contribution in [2.75, 3.05) is 9.80 Å². The number of hydrogen-bond donors (Lipinski definition) is 0. The first kappa shape index (κ1) is 41.8. The number of hydrogen-bond acceptors (Lipinski definition) is 5. The third kappa shape index (κ3) is 7.30. The van der Waals surface area contributed by atoms with Gasteiger partial charge in [-0.05, 0) is 144 Å². The molecule has 0 aliphatic carbocycles. The fourth-order valence-electron chi connectivity index (χ4n) is 10.4. The van der Waals surface area contributed by atoms with E-state index < -0.39 is 0 Å². The highest BCUT2D eigenvalue weighted by molar-refractivity contribution is 7.26. The van der Waals surface area contributed by atoms with Gasteiger partial charge in [-0.15, -0.1) is 22.7 Å². The van der Waals surface area contributed by atoms with Gasteiger partial charge in [-0.25, -0.2) is 0 Å². The van der Waals surface area contributed by atoms with Crippen LogP contribution in [0, 0.1) is 13.8 Å². The second kappa shape index (κ2) is 17.3. The summed E-state index contributed by atoms with van der Waals surface area (Å²) < 4.78 is 5.18. The van der Waals surface area contributed by atoms with E-state index in [0.717, 1.165) is 39.5 Å². The molecular formula is C65H45N3S2. The highest BCUT2D eigenvalue weighted by Gasteiger charge is 2.22. The number of aromatic nitrogens is 1. The van der Waals surface area contributed by atoms with Gasteiger partial charge in [-0.1, -0.05) is 133 Å². The number of aryl methyl sites for hydroxylation is 2. The Morgan fingerprint density at radius 2 is 0.814 bits per heavy atom. The van der Waals surface area contributed by atoms with E-state index >= 15 is 0 Å². The minimum atomic E-state index is 1.09. The van der Waals surface area contributed by atoms with Gasteiger partial charge in [0.05, 0.1) is 0 Å². The van der Waals surface area contributed by atoms with Gasteiger partial charge in [0.1, 0.15) is 0 Å². The molecule has 0 bridgehead atoms. The summed E-state index contributed by atoms with van der Waals surface area (Å²) in [4.78, 5) is 9.24. The van der Waals surface area contributed by atoms with Gasteiger partial charge in [0.15, 0.2) is 0 Å². The summed E-state index contributed by atoms with van der Waals surface area (Å²) in [7, 11) is 0. The zero-order valence-electron chi connectivity index (χ0n) is 38.7. The van der Waals surface area contributed by atoms with E-state index in [1.165, 1.54) is 90.2 Å². The van der Waals surface area contributed by atoms with Gasteiger partial charge in [0, 0.05) is 103 Å². The lowest BCUT2D eigenvalue weighted by Crippen LogP contribution is -2.10. The lowest BCUT2D eigenvalue weighted by atomic mass is 9.91. The predicted octanol–water partition coefficient (Wildman–Crippen LogP) is 19.5. The third-order valence-corrected chi connectivity index (χ3v) is 16.2. The second-order valence-electron chi connectivity index (χ2n) is 18.1. The summed E-state index contributed by atoms with van der Waals surface area (Å²) in [5.74, 6) is 0. The number of pyridine rings is 1. The van der Waals surface area contributed by atoms with E-state index in [1.807, 2.05) is 35.1 Å². The van der Waals surface area contributed by atoms with Crippen LogP contribution in [0.3, 0.4) is 0 Å². The van der Waals surface area contributed by atoms with Crippen molar-refractivity contribution in [1.29, 1.82) is 0 Å². The molecular weight excluding hydrogens is 887 g/mol. The average molecular weight is 932 g/mol. The van der Waals surface area contributed by atoms with Crippen LogP contribution in [0.1, 0.15) is 11.1 Å². The molecule has 0 fully saturated rings. The van der Waals surface area contributed by atoms with Crippen molar-refractivity contribution in [2.24, 2.45) is 0 Å². The number of rotatable bonds is 9. The molecule has 13 aromatic rings. The molecule has 0 spiro atoms. The van der Waals surface area contributed by atoms with Crippen molar-refractivity contribution in [1.82, 2.24) is 4.98 Å². The quantitative estimate of drug-likeness (QED) is 0.144. The molecule has 332 valence electrons. The molecule has 0 aliphatic rings. The van der Waals surface area contributed by atoms with Crippen LogP contribution in [0.5, 0.6) is 0 Å². The number of fused-ring (bicyclic) bond motifs is 7. The first-order valence-corrected chi connectivity index (χ1v) is 25.4. The fourth-order valence-corrected chi connectivity index (χ4v) is 12.9. The molecule has 0 saturated heterocycles. The first-order valence-electron chi connectivity index (χ1n) is 23.7. The monoisotopic (exact) mass is 931 g/mol. The highest BCUT2D eigenvalue weighted by atomic mass is 32.1. The van der Waals surface area contributed by atoms with Crippen LogP contribution < -0.4 is 9.80 Å². The second-order valence-corrected chi connectivity index (χ2v) is 20.2. The standard InChI is InChI=1S/C65H45N3S2/c1-42-34-46(58-37-52(39-60-56-22-12-14-24-62(56)69-64(58)60)68(50-20-10-5-11-21-50)51-29-26-44-32-33-66-41-47(44)36-51)27-30-54(42)45-28-31-55(43(2)35-45)59-38-53(40-61-57-23-13-15-25-63(57)70-65(59)61)67(48-16-6-3-7-17-48)49-18-8-4-9-19-49/h3-41H,1-2H3. The molecule has 0 saturated carbocycles. The summed E-state index contributed by atoms with van der Waals surface area (Å²) >= 11 is 3.76. The van der Waals surface area contributed by atoms with Crippen molar-refractivity contribution < 1.29 is 0 Å². The molecule has 0 N–H and O–H groups in total. The lowest BCUT2D eigenvalue weighted by molar-refractivity contribution is 1.29. The molecule has 70 heavy (non-hydrogen) atoms. The molecule has 3 aromatic heterocycles. The number of nitrogens with zero attached hydrogens (tertiary/aromatic N) is 3. The van der Waals surface area contributed by atoms with Gasteiger partial charge in [0.25, 0.3) is 0 Å². The Bertz CT molecular complexity index is 4060. The van der Waals surface area contributed by atoms with Crippen molar-refractivity contribution >= 4 is 108 Å². The van der Waals surface area contributed by atoms with Crippen LogP contribution in [0.4, 0.5) is 34.1 Å². The van der Waals surface area contributed by atoms with Gasteiger partial charge in [0.2, 0.25) is 0 Å². The normalized spacial score (nSPS) is 11.6. The Morgan fingerprint density at radius 1 is 0.329 bits per heavy atom. The van der Waals surface area contributed by atoms with E-state index in [9.17, 15) is 0 Å². The molecule has 0 radical (unpaired) electrons. The molecule has 3 nitrogen and oxygen atoms in total. The molecule has 0 amide bonds. The Hall–Kier alpha value is -8.35. The van der Waals surface area contributed by atoms with Crippen LogP contribution in [0.2, 0.25) is 0 Å². The highest BCUT2D eigenvalue weighted by Crippen LogP contribution is 2.49. The van der Waals surface area contributed by atoms with Gasteiger partial charge in [-0.3, -0.25) is 4.98 Å². The smallest absolute Gasteiger partial charge is 0.0475 e. The van der Waals surface area contributed by atoms with Gasteiger partial charge < -0.3 is 9.80 Å². The molecule has 13 rings (SSSR count). The average Bonchev–Trinajstić information content (AvgIpc) is 3.98. The molecule has 0 aliphatic heterocycles. The third-order valence-electron chi connectivity index (χ3n) is 13.7. The lowest BCUT2D eigenvalue weighted by Gasteiger charge is -2.27. The Balaban J connectivity index is 0.930. The minimum Gasteiger partial charge on any atom is -0.310 e. The van der Waals surface area contributed by atoms with E-state index in [4.69, 9.17) is 0 Å². The van der Waals surface area contributed by atoms with Gasteiger partial charge in [-0.2, -0.15) is 0 Å². The van der Waals surface area contributed by atoms with Crippen molar-refractivity contribution in [3.63, 3.8) is 0 Å². The van der Waals surface area contributed by atoms with Crippen molar-refractivity contribution in [3.8, 4) is 33.4 Å². The number of para-hydroxylation sites is 3. The van der Waals surface area contributed by atoms with E-state index in [2.05, 4.69) is 253 Å². The summed E-state index contributed by atoms with van der Waals surface area (Å²) in [6.45, 7) is 4.54. The summed E-state index contributed by atoms with van der Waals surface area (Å²) in [5.41, 5.74) is 16.5. The first-order chi connectivity index (χ1) is 34.5. The maximum Gasteiger partial charge on any atom is 0.0475 e. The largest absolute Gasteiger partial charge is 0.310 e. The Labute approximate surface area is 415 Å². The summed E-state index contributed by atoms with van der Waals surface area (Å²) in [6, 6.07) is 82.2. The minimum absolute atomic E-state index is 1.09. The van der Waals surface area contributed by atoms with Crippen LogP contribution in [0.15, 0.2) is 237 Å². The number of thiophene rings is 2. The van der Waals surface area contributed by atoms with Crippen LogP contribution in [0.25, 0.3) is 84.5 Å². The zero-order chi connectivity index (χ0) is 46.7. The van der Waals surface area contributed by atoms with Crippen LogP contribution in [-0.4, -0.2) is 4.98 Å². The van der Waals surface area contributed by atoms with Crippen molar-refractivity contribution in [2.45, 2.75) is 13.8 Å². The topological polar surface area (TPSA) is 19.4 Å². The summed E-state index contributed by atoms with van der Waals surface area (Å²) in [6.07, 6.45) is 3.81. The SMILES string of the molecule is Cc1cc(-c2cc(N(c3ccccc3)c3ccc4ccncc4c3)cc3c2sc2ccccc23)ccc1-c1ccc(-c2cc(N(c3ccccc3)c3ccccc3)cc3c2sc2ccccc23)c(C)c1. The molecule has 3 heterocycles. The number of benzene rings is 10. The molecule has 0 atom stereocenters. The van der Waals surface area contributed by atoms with E-state index in [1.54, 1.807) is 0 Å². The fraction of sp³-hybridized carbons (Fsp3) is 0.0308. The van der Waals surface area contributed by atoms with Crippen molar-refractivity contribution in [3.05, 3.63) is 248 Å².